The number of amides is 2. The molecule has 0 saturated carbocycles. The van der Waals surface area contributed by atoms with Crippen LogP contribution in [0.5, 0.6) is 0 Å². The molecular formula is C20H19ClN4O4S. The predicted molar refractivity (Wildman–Crippen MR) is 116 cm³/mol. The van der Waals surface area contributed by atoms with Gasteiger partial charge in [0.15, 0.2) is 0 Å². The number of carbonyl (C=O) groups is 3. The molecule has 3 rings (SSSR count). The minimum atomic E-state index is -0.495. The number of anilines is 1. The molecule has 0 atom stereocenters. The number of hydrogen-bond donors (Lipinski definition) is 2. The normalized spacial score (nSPS) is 13.2. The predicted octanol–water partition coefficient (Wildman–Crippen LogP) is 3.59. The molecule has 0 fully saturated rings. The zero-order chi connectivity index (χ0) is 21.7. The van der Waals surface area contributed by atoms with Gasteiger partial charge in [0.2, 0.25) is 5.91 Å². The first-order valence-corrected chi connectivity index (χ1v) is 10.3. The van der Waals surface area contributed by atoms with Crippen LogP contribution < -0.4 is 10.7 Å². The van der Waals surface area contributed by atoms with E-state index < -0.39 is 5.97 Å². The van der Waals surface area contributed by atoms with E-state index in [0.717, 1.165) is 5.56 Å². The van der Waals surface area contributed by atoms with E-state index in [0.29, 0.717) is 44.5 Å². The van der Waals surface area contributed by atoms with Gasteiger partial charge in [0, 0.05) is 24.9 Å². The third-order valence-electron chi connectivity index (χ3n) is 4.23. The van der Waals surface area contributed by atoms with Gasteiger partial charge in [0.1, 0.15) is 5.00 Å². The highest BCUT2D eigenvalue weighted by Gasteiger charge is 2.30. The van der Waals surface area contributed by atoms with Gasteiger partial charge in [-0.15, -0.1) is 11.3 Å². The van der Waals surface area contributed by atoms with Crippen molar-refractivity contribution in [2.45, 2.75) is 26.7 Å². The van der Waals surface area contributed by atoms with E-state index in [2.05, 4.69) is 20.8 Å². The molecular weight excluding hydrogens is 428 g/mol. The topological polar surface area (TPSA) is 110 Å². The second-order valence-electron chi connectivity index (χ2n) is 6.29. The zero-order valence-corrected chi connectivity index (χ0v) is 17.9. The van der Waals surface area contributed by atoms with Crippen LogP contribution in [0.25, 0.3) is 5.03 Å². The lowest BCUT2D eigenvalue weighted by Gasteiger charge is -2.15. The van der Waals surface area contributed by atoms with Crippen LogP contribution in [0, 0.1) is 0 Å². The maximum absolute atomic E-state index is 12.4. The number of esters is 1. The van der Waals surface area contributed by atoms with Crippen molar-refractivity contribution < 1.29 is 19.1 Å². The Morgan fingerprint density at radius 1 is 1.30 bits per heavy atom. The minimum Gasteiger partial charge on any atom is -0.462 e. The van der Waals surface area contributed by atoms with Crippen molar-refractivity contribution in [3.8, 4) is 0 Å². The number of thiophene rings is 1. The van der Waals surface area contributed by atoms with Crippen molar-refractivity contribution in [2.24, 2.45) is 5.10 Å². The molecule has 2 aromatic heterocycles. The Bertz CT molecular complexity index is 1050. The third kappa shape index (κ3) is 4.74. The Morgan fingerprint density at radius 2 is 2.03 bits per heavy atom. The summed E-state index contributed by atoms with van der Waals surface area (Å²) in [5, 5.41) is 7.51. The molecule has 2 amide bonds. The van der Waals surface area contributed by atoms with E-state index in [9.17, 15) is 14.4 Å². The maximum Gasteiger partial charge on any atom is 0.341 e. The van der Waals surface area contributed by atoms with Crippen molar-refractivity contribution in [3.63, 3.8) is 0 Å². The second-order valence-corrected chi connectivity index (χ2v) is 7.69. The standard InChI is InChI=1S/C20H19ClN4O4S/c1-3-29-20(28)15-14-5-4-13(16(21)17(14)30-19(15)24-11(2)26)10-23-25-18(27)12-6-8-22-9-7-12/h6-10H,3-5H2,1-2H3,(H,24,26)(H,25,27). The first-order chi connectivity index (χ1) is 14.4. The summed E-state index contributed by atoms with van der Waals surface area (Å²) in [6.45, 7) is 3.31. The van der Waals surface area contributed by atoms with E-state index >= 15 is 0 Å². The van der Waals surface area contributed by atoms with Gasteiger partial charge in [-0.2, -0.15) is 5.10 Å². The summed E-state index contributed by atoms with van der Waals surface area (Å²) in [6, 6.07) is 3.16. The van der Waals surface area contributed by atoms with Gasteiger partial charge in [0.25, 0.3) is 5.91 Å². The number of nitrogens with one attached hydrogen (secondary N) is 2. The average Bonchev–Trinajstić information content (AvgIpc) is 3.08. The Morgan fingerprint density at radius 3 is 2.70 bits per heavy atom. The molecule has 30 heavy (non-hydrogen) atoms. The Balaban J connectivity index is 1.86. The van der Waals surface area contributed by atoms with Gasteiger partial charge in [-0.05, 0) is 43.0 Å². The molecule has 1 aliphatic carbocycles. The van der Waals surface area contributed by atoms with Crippen molar-refractivity contribution in [1.82, 2.24) is 10.4 Å². The highest BCUT2D eigenvalue weighted by molar-refractivity contribution is 7.18. The summed E-state index contributed by atoms with van der Waals surface area (Å²) in [4.78, 5) is 40.6. The second kappa shape index (κ2) is 9.64. The minimum absolute atomic E-state index is 0.224. The smallest absolute Gasteiger partial charge is 0.341 e. The molecule has 0 radical (unpaired) electrons. The van der Waals surface area contributed by atoms with Crippen molar-refractivity contribution >= 4 is 57.0 Å². The molecule has 156 valence electrons. The lowest BCUT2D eigenvalue weighted by atomic mass is 9.95. The van der Waals surface area contributed by atoms with Gasteiger partial charge in [-0.1, -0.05) is 11.6 Å². The number of allylic oxidation sites excluding steroid dienone is 1. The summed E-state index contributed by atoms with van der Waals surface area (Å²) in [5.74, 6) is -1.15. The van der Waals surface area contributed by atoms with Crippen LogP contribution in [0.2, 0.25) is 0 Å². The number of carbonyl (C=O) groups excluding carboxylic acids is 3. The lowest BCUT2D eigenvalue weighted by Crippen LogP contribution is -2.18. The fourth-order valence-corrected chi connectivity index (χ4v) is 4.55. The summed E-state index contributed by atoms with van der Waals surface area (Å²) in [6.07, 6.45) is 5.57. The van der Waals surface area contributed by atoms with Crippen LogP contribution in [-0.4, -0.2) is 35.6 Å². The van der Waals surface area contributed by atoms with Crippen LogP contribution in [0.15, 0.2) is 35.2 Å². The van der Waals surface area contributed by atoms with Crippen LogP contribution in [0.1, 0.15) is 51.4 Å². The highest BCUT2D eigenvalue weighted by Crippen LogP contribution is 2.44. The molecule has 8 nitrogen and oxygen atoms in total. The van der Waals surface area contributed by atoms with Crippen molar-refractivity contribution in [2.75, 3.05) is 11.9 Å². The third-order valence-corrected chi connectivity index (χ3v) is 5.94. The summed E-state index contributed by atoms with van der Waals surface area (Å²) in [7, 11) is 0. The molecule has 1 aliphatic rings. The number of nitrogens with zero attached hydrogens (tertiary/aromatic N) is 2. The van der Waals surface area contributed by atoms with Gasteiger partial charge in [-0.3, -0.25) is 14.6 Å². The van der Waals surface area contributed by atoms with E-state index in [1.165, 1.54) is 36.9 Å². The van der Waals surface area contributed by atoms with Crippen LogP contribution in [0.3, 0.4) is 0 Å². The van der Waals surface area contributed by atoms with E-state index in [1.54, 1.807) is 19.1 Å². The van der Waals surface area contributed by atoms with Gasteiger partial charge in [0.05, 0.1) is 28.3 Å². The monoisotopic (exact) mass is 446 g/mol. The number of halogens is 1. The molecule has 2 aromatic rings. The molecule has 0 aromatic carbocycles. The molecule has 0 bridgehead atoms. The van der Waals surface area contributed by atoms with Gasteiger partial charge < -0.3 is 10.1 Å². The van der Waals surface area contributed by atoms with E-state index in [-0.39, 0.29) is 18.4 Å². The van der Waals surface area contributed by atoms with Crippen LogP contribution >= 0.6 is 22.9 Å². The van der Waals surface area contributed by atoms with Crippen molar-refractivity contribution in [1.29, 1.82) is 0 Å². The Kier molecular flexibility index (Phi) is 6.96. The SMILES string of the molecule is CCOC(=O)c1c(NC(C)=O)sc2c1CCC(C=NNC(=O)c1ccncc1)=C2Cl. The zero-order valence-electron chi connectivity index (χ0n) is 16.3. The van der Waals surface area contributed by atoms with E-state index in [4.69, 9.17) is 16.3 Å². The number of pyridine rings is 1. The average molecular weight is 447 g/mol. The largest absolute Gasteiger partial charge is 0.462 e. The first-order valence-electron chi connectivity index (χ1n) is 9.15. The number of rotatable bonds is 6. The molecule has 0 spiro atoms. The molecule has 10 heteroatoms. The first kappa shape index (κ1) is 21.7. The number of fused-ring (bicyclic) bond motifs is 1. The van der Waals surface area contributed by atoms with E-state index in [1.807, 2.05) is 0 Å². The van der Waals surface area contributed by atoms with Crippen LogP contribution in [0.4, 0.5) is 5.00 Å². The molecule has 0 saturated heterocycles. The summed E-state index contributed by atoms with van der Waals surface area (Å²) in [5.41, 5.74) is 4.68. The number of ether oxygens (including phenoxy) is 1. The fraction of sp³-hybridized carbons (Fsp3) is 0.250. The highest BCUT2D eigenvalue weighted by atomic mass is 35.5. The number of hydrazone groups is 1. The summed E-state index contributed by atoms with van der Waals surface area (Å²) >= 11 is 7.78. The molecule has 2 N–H and O–H groups in total. The molecule has 0 unspecified atom stereocenters. The van der Waals surface area contributed by atoms with Crippen LogP contribution in [-0.2, 0) is 16.0 Å². The van der Waals surface area contributed by atoms with Gasteiger partial charge >= 0.3 is 5.97 Å². The number of aromatic nitrogens is 1. The summed E-state index contributed by atoms with van der Waals surface area (Å²) < 4.78 is 5.15. The Hall–Kier alpha value is -3.04. The van der Waals surface area contributed by atoms with Gasteiger partial charge in [-0.25, -0.2) is 10.2 Å². The quantitative estimate of drug-likeness (QED) is 0.400. The molecule has 2 heterocycles. The maximum atomic E-state index is 12.4. The number of hydrogen-bond acceptors (Lipinski definition) is 7. The van der Waals surface area contributed by atoms with Crippen molar-refractivity contribution in [3.05, 3.63) is 51.7 Å². The lowest BCUT2D eigenvalue weighted by molar-refractivity contribution is -0.114. The molecule has 0 aliphatic heterocycles. The fourth-order valence-electron chi connectivity index (χ4n) is 2.92. The Labute approximate surface area is 182 Å².